The normalized spacial score (nSPS) is 12.5. The highest BCUT2D eigenvalue weighted by Crippen LogP contribution is 2.33. The maximum atomic E-state index is 14.3. The van der Waals surface area contributed by atoms with Gasteiger partial charge in [-0.3, -0.25) is 13.9 Å². The van der Waals surface area contributed by atoms with E-state index in [1.807, 2.05) is 58.9 Å². The number of hydrogen-bond donors (Lipinski definition) is 1. The molecule has 3 aromatic rings. The second kappa shape index (κ2) is 16.2. The number of anilines is 1. The molecular formula is C34H45N3O7S. The van der Waals surface area contributed by atoms with Gasteiger partial charge in [0.15, 0.2) is 11.5 Å². The van der Waals surface area contributed by atoms with E-state index < -0.39 is 28.5 Å². The third kappa shape index (κ3) is 8.69. The van der Waals surface area contributed by atoms with Gasteiger partial charge in [-0.05, 0) is 81.1 Å². The van der Waals surface area contributed by atoms with Crippen molar-refractivity contribution >= 4 is 27.5 Å². The minimum absolute atomic E-state index is 0.0890. The Labute approximate surface area is 267 Å². The summed E-state index contributed by atoms with van der Waals surface area (Å²) in [5, 5.41) is 2.99. The number of hydrogen-bond acceptors (Lipinski definition) is 7. The SMILES string of the molecule is CCOc1ccc(N(CC(=O)N(Cc2ccccc2C)[C@@H](CC)C(=O)N[C@@H](C)CC)S(=O)(=O)c2ccc(OC)c(OC)c2)cc1. The highest BCUT2D eigenvalue weighted by Gasteiger charge is 2.34. The van der Waals surface area contributed by atoms with Gasteiger partial charge in [0, 0.05) is 18.7 Å². The van der Waals surface area contributed by atoms with Crippen LogP contribution in [0.5, 0.6) is 17.2 Å². The lowest BCUT2D eigenvalue weighted by molar-refractivity contribution is -0.140. The summed E-state index contributed by atoms with van der Waals surface area (Å²) in [5.74, 6) is 0.338. The van der Waals surface area contributed by atoms with Gasteiger partial charge in [-0.25, -0.2) is 8.42 Å². The Morgan fingerprint density at radius 1 is 0.889 bits per heavy atom. The second-order valence-corrected chi connectivity index (χ2v) is 12.5. The molecule has 0 aliphatic heterocycles. The summed E-state index contributed by atoms with van der Waals surface area (Å²) in [7, 11) is -1.44. The Hall–Kier alpha value is -4.25. The third-order valence-corrected chi connectivity index (χ3v) is 9.42. The maximum absolute atomic E-state index is 14.3. The molecule has 3 rings (SSSR count). The van der Waals surface area contributed by atoms with E-state index in [1.54, 1.807) is 24.3 Å². The van der Waals surface area contributed by atoms with E-state index in [4.69, 9.17) is 14.2 Å². The molecule has 0 spiro atoms. The number of carbonyl (C=O) groups excluding carboxylic acids is 2. The number of methoxy groups -OCH3 is 2. The first-order valence-electron chi connectivity index (χ1n) is 15.1. The number of nitrogens with zero attached hydrogens (tertiary/aromatic N) is 2. The van der Waals surface area contributed by atoms with Crippen LogP contribution in [-0.4, -0.2) is 64.6 Å². The van der Waals surface area contributed by atoms with Crippen molar-refractivity contribution in [3.05, 3.63) is 77.9 Å². The van der Waals surface area contributed by atoms with Crippen LogP contribution in [0.3, 0.4) is 0 Å². The lowest BCUT2D eigenvalue weighted by Crippen LogP contribution is -2.53. The Balaban J connectivity index is 2.12. The van der Waals surface area contributed by atoms with E-state index in [0.29, 0.717) is 24.5 Å². The minimum atomic E-state index is -4.31. The number of benzene rings is 3. The lowest BCUT2D eigenvalue weighted by atomic mass is 10.1. The molecule has 10 nitrogen and oxygen atoms in total. The summed E-state index contributed by atoms with van der Waals surface area (Å²) >= 11 is 0. The largest absolute Gasteiger partial charge is 0.494 e. The average molecular weight is 640 g/mol. The van der Waals surface area contributed by atoms with E-state index in [9.17, 15) is 18.0 Å². The quantitative estimate of drug-likeness (QED) is 0.225. The molecule has 0 heterocycles. The third-order valence-electron chi connectivity index (χ3n) is 7.65. The number of amides is 2. The predicted molar refractivity (Wildman–Crippen MR) is 175 cm³/mol. The smallest absolute Gasteiger partial charge is 0.264 e. The molecule has 0 aromatic heterocycles. The van der Waals surface area contributed by atoms with Gasteiger partial charge in [-0.15, -0.1) is 0 Å². The van der Waals surface area contributed by atoms with Crippen LogP contribution < -0.4 is 23.8 Å². The molecule has 2 amide bonds. The molecule has 0 aliphatic rings. The highest BCUT2D eigenvalue weighted by atomic mass is 32.2. The fourth-order valence-electron chi connectivity index (χ4n) is 4.84. The Morgan fingerprint density at radius 2 is 1.56 bits per heavy atom. The van der Waals surface area contributed by atoms with Crippen molar-refractivity contribution in [3.8, 4) is 17.2 Å². The van der Waals surface area contributed by atoms with Crippen molar-refractivity contribution in [2.24, 2.45) is 0 Å². The van der Waals surface area contributed by atoms with Crippen LogP contribution in [0.25, 0.3) is 0 Å². The first-order valence-corrected chi connectivity index (χ1v) is 16.6. The molecule has 1 N–H and O–H groups in total. The van der Waals surface area contributed by atoms with Crippen LogP contribution in [0.15, 0.2) is 71.6 Å². The summed E-state index contributed by atoms with van der Waals surface area (Å²) in [4.78, 5) is 29.2. The van der Waals surface area contributed by atoms with Gasteiger partial charge in [0.1, 0.15) is 18.3 Å². The van der Waals surface area contributed by atoms with Gasteiger partial charge >= 0.3 is 0 Å². The molecule has 0 saturated heterocycles. The van der Waals surface area contributed by atoms with E-state index >= 15 is 0 Å². The first kappa shape index (κ1) is 35.2. The zero-order valence-electron chi connectivity index (χ0n) is 27.2. The summed E-state index contributed by atoms with van der Waals surface area (Å²) < 4.78 is 45.9. The molecule has 0 unspecified atom stereocenters. The molecule has 244 valence electrons. The van der Waals surface area contributed by atoms with Crippen LogP contribution in [0.2, 0.25) is 0 Å². The molecule has 0 fully saturated rings. The molecule has 2 atom stereocenters. The second-order valence-electron chi connectivity index (χ2n) is 10.6. The molecule has 0 bridgehead atoms. The Bertz CT molecular complexity index is 1540. The lowest BCUT2D eigenvalue weighted by Gasteiger charge is -2.34. The average Bonchev–Trinajstić information content (AvgIpc) is 3.04. The molecule has 45 heavy (non-hydrogen) atoms. The van der Waals surface area contributed by atoms with Crippen molar-refractivity contribution in [1.82, 2.24) is 10.2 Å². The van der Waals surface area contributed by atoms with Crippen LogP contribution in [0, 0.1) is 6.92 Å². The number of carbonyl (C=O) groups is 2. The van der Waals surface area contributed by atoms with Crippen molar-refractivity contribution in [3.63, 3.8) is 0 Å². The Kier molecular flexibility index (Phi) is 12.7. The zero-order valence-corrected chi connectivity index (χ0v) is 28.0. The van der Waals surface area contributed by atoms with Gasteiger partial charge in [0.2, 0.25) is 11.8 Å². The molecule has 11 heteroatoms. The number of rotatable bonds is 16. The molecular weight excluding hydrogens is 594 g/mol. The van der Waals surface area contributed by atoms with Crippen molar-refractivity contribution in [2.45, 2.75) is 71.0 Å². The van der Waals surface area contributed by atoms with Crippen LogP contribution in [0.4, 0.5) is 5.69 Å². The van der Waals surface area contributed by atoms with Crippen molar-refractivity contribution in [2.75, 3.05) is 31.7 Å². The van der Waals surface area contributed by atoms with E-state index in [-0.39, 0.29) is 34.8 Å². The summed E-state index contributed by atoms with van der Waals surface area (Å²) in [6.45, 7) is 9.52. The number of aryl methyl sites for hydroxylation is 1. The maximum Gasteiger partial charge on any atom is 0.264 e. The topological polar surface area (TPSA) is 114 Å². The van der Waals surface area contributed by atoms with Crippen LogP contribution in [0.1, 0.15) is 51.7 Å². The number of ether oxygens (including phenoxy) is 3. The highest BCUT2D eigenvalue weighted by molar-refractivity contribution is 7.92. The van der Waals surface area contributed by atoms with Crippen molar-refractivity contribution < 1.29 is 32.2 Å². The zero-order chi connectivity index (χ0) is 33.1. The van der Waals surface area contributed by atoms with Crippen LogP contribution in [-0.2, 0) is 26.2 Å². The summed E-state index contributed by atoms with van der Waals surface area (Å²) in [5.41, 5.74) is 2.07. The van der Waals surface area contributed by atoms with E-state index in [1.165, 1.54) is 37.3 Å². The van der Waals surface area contributed by atoms with Gasteiger partial charge < -0.3 is 24.4 Å². The van der Waals surface area contributed by atoms with Crippen LogP contribution >= 0.6 is 0 Å². The van der Waals surface area contributed by atoms with Crippen molar-refractivity contribution in [1.29, 1.82) is 0 Å². The molecule has 0 saturated carbocycles. The Morgan fingerprint density at radius 3 is 2.13 bits per heavy atom. The standard InChI is InChI=1S/C34H45N3O7S/c1-8-25(5)35-34(39)30(9-2)36(22-26-14-12-11-13-24(26)4)33(38)23-37(27-15-17-28(18-16-27)44-10-3)45(40,41)29-19-20-31(42-6)32(21-29)43-7/h11-21,25,30H,8-10,22-23H2,1-7H3,(H,35,39)/t25-,30-/m0/s1. The molecule has 0 radical (unpaired) electrons. The summed E-state index contributed by atoms with van der Waals surface area (Å²) in [6, 6.07) is 17.5. The first-order chi connectivity index (χ1) is 21.5. The molecule has 0 aliphatic carbocycles. The van der Waals surface area contributed by atoms with Gasteiger partial charge in [-0.1, -0.05) is 38.1 Å². The summed E-state index contributed by atoms with van der Waals surface area (Å²) in [6.07, 6.45) is 1.06. The van der Waals surface area contributed by atoms with E-state index in [0.717, 1.165) is 21.9 Å². The van der Waals surface area contributed by atoms with E-state index in [2.05, 4.69) is 5.32 Å². The minimum Gasteiger partial charge on any atom is -0.494 e. The predicted octanol–water partition coefficient (Wildman–Crippen LogP) is 5.33. The fraction of sp³-hybridized carbons (Fsp3) is 0.412. The van der Waals surface area contributed by atoms with Gasteiger partial charge in [0.05, 0.1) is 31.4 Å². The monoisotopic (exact) mass is 639 g/mol. The van der Waals surface area contributed by atoms with Gasteiger partial charge in [-0.2, -0.15) is 0 Å². The van der Waals surface area contributed by atoms with Gasteiger partial charge in [0.25, 0.3) is 10.0 Å². The number of sulfonamides is 1. The fourth-order valence-corrected chi connectivity index (χ4v) is 6.27. The molecule has 3 aromatic carbocycles. The number of nitrogens with one attached hydrogen (secondary N) is 1.